The van der Waals surface area contributed by atoms with Crippen LogP contribution in [0.3, 0.4) is 0 Å². The van der Waals surface area contributed by atoms with Crippen LogP contribution >= 0.6 is 0 Å². The topological polar surface area (TPSA) is 20.2 Å². The van der Waals surface area contributed by atoms with Gasteiger partial charge in [0.05, 0.1) is 22.4 Å². The number of fused-ring (bicyclic) bond motifs is 5. The molecule has 0 atom stereocenters. The van der Waals surface area contributed by atoms with Crippen molar-refractivity contribution in [2.75, 3.05) is 10.2 Å². The van der Waals surface area contributed by atoms with Crippen molar-refractivity contribution < 1.29 is 65.9 Å². The van der Waals surface area contributed by atoms with Gasteiger partial charge >= 0.3 is 12.4 Å². The Balaban J connectivity index is 1.44. The minimum absolute atomic E-state index is 0.125. The molecule has 63 heavy (non-hydrogen) atoms. The normalized spacial score (nSPS) is 13.6. The third-order valence-electron chi connectivity index (χ3n) is 10.3. The van der Waals surface area contributed by atoms with Crippen LogP contribution in [0, 0.1) is 52.4 Å². The molecule has 1 aromatic heterocycles. The first-order valence-corrected chi connectivity index (χ1v) is 18.0. The number of anilines is 5. The highest BCUT2D eigenvalue weighted by Crippen LogP contribution is 2.55. The van der Waals surface area contributed by atoms with Crippen molar-refractivity contribution in [2.45, 2.75) is 19.3 Å². The first-order chi connectivity index (χ1) is 29.6. The highest BCUT2D eigenvalue weighted by Gasteiger charge is 2.48. The van der Waals surface area contributed by atoms with Gasteiger partial charge in [-0.3, -0.25) is 4.90 Å². The third kappa shape index (κ3) is 6.48. The van der Waals surface area contributed by atoms with Crippen LogP contribution in [0.1, 0.15) is 34.7 Å². The number of rotatable bonds is 5. The van der Waals surface area contributed by atoms with Crippen molar-refractivity contribution in [1.82, 2.24) is 4.57 Å². The summed E-state index contributed by atoms with van der Waals surface area (Å²) in [5.74, 6) is -25.2. The Bertz CT molecular complexity index is 3130. The number of para-hydroxylation sites is 2. The zero-order valence-corrected chi connectivity index (χ0v) is 31.6. The molecule has 0 fully saturated rings. The number of nitrogens with zero attached hydrogens (tertiary/aromatic N) is 2. The molecule has 0 spiro atoms. The number of benzene rings is 6. The maximum atomic E-state index is 17.0. The number of nitrogens with one attached hydrogen (secondary N) is 1. The predicted octanol–water partition coefficient (Wildman–Crippen LogP) is 15.4. The Morgan fingerprint density at radius 2 is 1.10 bits per heavy atom. The van der Waals surface area contributed by atoms with E-state index in [9.17, 15) is 26.3 Å². The van der Waals surface area contributed by atoms with Gasteiger partial charge in [0.15, 0.2) is 52.4 Å². The second-order valence-corrected chi connectivity index (χ2v) is 14.2. The Morgan fingerprint density at radius 3 is 1.70 bits per heavy atom. The third-order valence-corrected chi connectivity index (χ3v) is 10.3. The van der Waals surface area contributed by atoms with Gasteiger partial charge in [-0.1, -0.05) is 55.6 Å². The SMILES string of the molecule is C=C1/C=C/c2c(F)c(Nc3ccc4c(c3)c3ccccc3n4-c3ccccc3)c(F)c(F)c2N(c2c(F)c(F)c(C(F)(F)F)c(F)c2F)c2c(F)c(F)c(C(F)(F)F)c(C(=C)C)c21. The summed E-state index contributed by atoms with van der Waals surface area (Å²) in [6, 6.07) is 20.3. The van der Waals surface area contributed by atoms with Crippen LogP contribution in [0.15, 0.2) is 92.0 Å². The lowest BCUT2D eigenvalue weighted by atomic mass is 9.86. The van der Waals surface area contributed by atoms with Gasteiger partial charge in [-0.05, 0) is 60.5 Å². The molecule has 322 valence electrons. The van der Waals surface area contributed by atoms with Crippen molar-refractivity contribution in [3.8, 4) is 5.69 Å². The molecule has 0 amide bonds. The van der Waals surface area contributed by atoms with E-state index in [2.05, 4.69) is 18.5 Å². The molecule has 3 nitrogen and oxygen atoms in total. The van der Waals surface area contributed by atoms with Crippen LogP contribution in [-0.2, 0) is 12.4 Å². The molecule has 1 aliphatic heterocycles. The number of allylic oxidation sites excluding steroid dienone is 3. The molecule has 2 heterocycles. The van der Waals surface area contributed by atoms with Crippen molar-refractivity contribution in [3.05, 3.63) is 172 Å². The zero-order chi connectivity index (χ0) is 45.8. The Hall–Kier alpha value is -7.11. The highest BCUT2D eigenvalue weighted by atomic mass is 19.4. The molecular weight excluding hydrogens is 867 g/mol. The molecule has 1 aliphatic rings. The van der Waals surface area contributed by atoms with E-state index >= 15 is 39.5 Å². The van der Waals surface area contributed by atoms with Gasteiger partial charge in [0.25, 0.3) is 0 Å². The van der Waals surface area contributed by atoms with E-state index in [1.54, 1.807) is 42.5 Å². The van der Waals surface area contributed by atoms with E-state index < -0.39 is 131 Å². The summed E-state index contributed by atoms with van der Waals surface area (Å²) in [6.45, 7) is 7.54. The van der Waals surface area contributed by atoms with E-state index in [-0.39, 0.29) is 5.69 Å². The fourth-order valence-electron chi connectivity index (χ4n) is 7.76. The first kappa shape index (κ1) is 42.6. The highest BCUT2D eigenvalue weighted by molar-refractivity contribution is 6.10. The summed E-state index contributed by atoms with van der Waals surface area (Å²) in [5.41, 5.74) is -17.6. The van der Waals surface area contributed by atoms with Crippen molar-refractivity contribution >= 4 is 67.5 Å². The molecule has 18 heteroatoms. The average molecular weight is 890 g/mol. The van der Waals surface area contributed by atoms with Gasteiger partial charge < -0.3 is 9.88 Å². The predicted molar refractivity (Wildman–Crippen MR) is 208 cm³/mol. The summed E-state index contributed by atoms with van der Waals surface area (Å²) in [5, 5.41) is 3.48. The van der Waals surface area contributed by atoms with Gasteiger partial charge in [-0.15, -0.1) is 0 Å². The molecular formula is C45H22F15N3. The number of hydrogen-bond acceptors (Lipinski definition) is 2. The maximum Gasteiger partial charge on any atom is 0.422 e. The van der Waals surface area contributed by atoms with Gasteiger partial charge in [0.2, 0.25) is 0 Å². The van der Waals surface area contributed by atoms with Gasteiger partial charge in [-0.25, -0.2) is 39.5 Å². The Labute approximate surface area is 344 Å². The zero-order valence-electron chi connectivity index (χ0n) is 31.6. The van der Waals surface area contributed by atoms with Crippen molar-refractivity contribution in [2.24, 2.45) is 0 Å². The van der Waals surface area contributed by atoms with Crippen molar-refractivity contribution in [1.29, 1.82) is 0 Å². The molecule has 0 saturated heterocycles. The summed E-state index contributed by atoms with van der Waals surface area (Å²) < 4.78 is 232. The van der Waals surface area contributed by atoms with Crippen LogP contribution in [0.4, 0.5) is 94.3 Å². The lowest BCUT2D eigenvalue weighted by Crippen LogP contribution is -2.27. The smallest absolute Gasteiger partial charge is 0.351 e. The largest absolute Gasteiger partial charge is 0.422 e. The van der Waals surface area contributed by atoms with E-state index in [1.165, 1.54) is 18.2 Å². The number of halogens is 15. The van der Waals surface area contributed by atoms with E-state index in [0.717, 1.165) is 12.6 Å². The fraction of sp³-hybridized carbons (Fsp3) is 0.0667. The molecule has 0 saturated carbocycles. The molecule has 0 unspecified atom stereocenters. The summed E-state index contributed by atoms with van der Waals surface area (Å²) in [4.78, 5) is -0.781. The maximum absolute atomic E-state index is 17.0. The minimum atomic E-state index is -6.19. The molecule has 1 N–H and O–H groups in total. The molecule has 6 aromatic carbocycles. The summed E-state index contributed by atoms with van der Waals surface area (Å²) >= 11 is 0. The molecule has 0 radical (unpaired) electrons. The Kier molecular flexibility index (Phi) is 9.98. The average Bonchev–Trinajstić information content (AvgIpc) is 3.54. The fourth-order valence-corrected chi connectivity index (χ4v) is 7.76. The lowest BCUT2D eigenvalue weighted by molar-refractivity contribution is -0.143. The van der Waals surface area contributed by atoms with Gasteiger partial charge in [0.1, 0.15) is 22.5 Å². The number of hydrogen-bond donors (Lipinski definition) is 1. The van der Waals surface area contributed by atoms with Crippen LogP contribution in [-0.4, -0.2) is 4.57 Å². The Morgan fingerprint density at radius 1 is 0.556 bits per heavy atom. The van der Waals surface area contributed by atoms with Crippen LogP contribution < -0.4 is 10.2 Å². The first-order valence-electron chi connectivity index (χ1n) is 18.0. The molecule has 8 rings (SSSR count). The molecule has 0 bridgehead atoms. The molecule has 7 aromatic rings. The summed E-state index contributed by atoms with van der Waals surface area (Å²) in [6.07, 6.45) is -11.0. The second-order valence-electron chi connectivity index (χ2n) is 14.2. The monoisotopic (exact) mass is 889 g/mol. The van der Waals surface area contributed by atoms with Crippen LogP contribution in [0.2, 0.25) is 0 Å². The lowest BCUT2D eigenvalue weighted by Gasteiger charge is -2.34. The van der Waals surface area contributed by atoms with E-state index in [0.29, 0.717) is 34.0 Å². The van der Waals surface area contributed by atoms with Crippen LogP contribution in [0.25, 0.3) is 44.7 Å². The quantitative estimate of drug-likeness (QED) is 0.137. The summed E-state index contributed by atoms with van der Waals surface area (Å²) in [7, 11) is 0. The minimum Gasteiger partial charge on any atom is -0.351 e. The van der Waals surface area contributed by atoms with Gasteiger partial charge in [0, 0.05) is 38.8 Å². The number of aromatic nitrogens is 1. The van der Waals surface area contributed by atoms with Crippen LogP contribution in [0.5, 0.6) is 0 Å². The second kappa shape index (κ2) is 14.8. The number of alkyl halides is 6. The van der Waals surface area contributed by atoms with Gasteiger partial charge in [-0.2, -0.15) is 26.3 Å². The standard InChI is InChI=1S/C45H22F15N3/c1-18(2)27-28-19(3)13-15-23-31(46)40(61-20-14-16-26-24(17-20)22-11-7-8-12-25(22)62(26)21-9-5-4-6-10-21)35(50)39(54)41(23)63(42(28)36(51)32(47)29(27)44(55,56)57)43-37(52)33(48)30(45(58,59)60)34(49)38(43)53/h4-17,61H,1,3H2,2H3/b15-13+. The van der Waals surface area contributed by atoms with E-state index in [4.69, 9.17) is 0 Å². The van der Waals surface area contributed by atoms with E-state index in [1.807, 2.05) is 16.7 Å². The molecule has 0 aliphatic carbocycles. The van der Waals surface area contributed by atoms with Crippen molar-refractivity contribution in [3.63, 3.8) is 0 Å².